The number of amidine groups is 1. The van der Waals surface area contributed by atoms with E-state index >= 15 is 0 Å². The minimum absolute atomic E-state index is 0.0373. The van der Waals surface area contributed by atoms with Crippen molar-refractivity contribution in [3.05, 3.63) is 24.0 Å². The van der Waals surface area contributed by atoms with E-state index in [2.05, 4.69) is 10.1 Å². The zero-order chi connectivity index (χ0) is 9.84. The minimum atomic E-state index is 0.0373. The molecule has 13 heavy (non-hydrogen) atoms. The molecule has 1 aromatic heterocycles. The van der Waals surface area contributed by atoms with Gasteiger partial charge in [0.15, 0.2) is 5.84 Å². The molecule has 6 heteroatoms. The Kier molecular flexibility index (Phi) is 2.65. The van der Waals surface area contributed by atoms with Crippen LogP contribution in [0.25, 0.3) is 0 Å². The van der Waals surface area contributed by atoms with E-state index in [9.17, 15) is 0 Å². The molecule has 0 spiro atoms. The van der Waals surface area contributed by atoms with E-state index in [0.717, 1.165) is 5.12 Å². The van der Waals surface area contributed by atoms with Gasteiger partial charge in [-0.1, -0.05) is 0 Å². The number of hydrazone groups is 1. The third-order valence-corrected chi connectivity index (χ3v) is 1.29. The summed E-state index contributed by atoms with van der Waals surface area (Å²) in [6, 6.07) is 1.45. The lowest BCUT2D eigenvalue weighted by atomic mass is 10.2. The van der Waals surface area contributed by atoms with E-state index in [1.54, 1.807) is 7.05 Å². The van der Waals surface area contributed by atoms with Gasteiger partial charge in [0.25, 0.3) is 0 Å². The van der Waals surface area contributed by atoms with Crippen LogP contribution in [0.1, 0.15) is 5.56 Å². The normalized spacial score (nSPS) is 11.4. The van der Waals surface area contributed by atoms with Gasteiger partial charge in [-0.2, -0.15) is 0 Å². The predicted molar refractivity (Wildman–Crippen MR) is 48.6 cm³/mol. The van der Waals surface area contributed by atoms with Crippen molar-refractivity contribution in [1.29, 1.82) is 0 Å². The second-order valence-electron chi connectivity index (χ2n) is 2.49. The summed E-state index contributed by atoms with van der Waals surface area (Å²) in [5, 5.41) is 13.9. The predicted octanol–water partition coefficient (Wildman–Crippen LogP) is -0.787. The van der Waals surface area contributed by atoms with Crippen LogP contribution in [0, 0.1) is 0 Å². The maximum Gasteiger partial charge on any atom is 0.154 e. The molecular weight excluding hydrogens is 170 g/mol. The summed E-state index contributed by atoms with van der Waals surface area (Å²) in [5.74, 6) is 5.49. The summed E-state index contributed by atoms with van der Waals surface area (Å²) >= 11 is 0. The SMILES string of the molecule is CN(N)/N=C(\N)c1cncc(O)c1. The second-order valence-corrected chi connectivity index (χ2v) is 2.49. The topological polar surface area (TPSA) is 101 Å². The summed E-state index contributed by atoms with van der Waals surface area (Å²) in [5.41, 5.74) is 6.07. The molecule has 1 aromatic rings. The molecule has 5 N–H and O–H groups in total. The molecule has 0 fully saturated rings. The highest BCUT2D eigenvalue weighted by Gasteiger charge is 2.00. The zero-order valence-corrected chi connectivity index (χ0v) is 7.18. The Labute approximate surface area is 75.5 Å². The average Bonchev–Trinajstić information content (AvgIpc) is 2.03. The molecule has 0 aliphatic rings. The molecular formula is C7H11N5O. The highest BCUT2D eigenvalue weighted by molar-refractivity contribution is 5.97. The number of hydrazine groups is 1. The van der Waals surface area contributed by atoms with Crippen molar-refractivity contribution in [2.24, 2.45) is 16.7 Å². The monoisotopic (exact) mass is 181 g/mol. The molecule has 1 rings (SSSR count). The van der Waals surface area contributed by atoms with E-state index in [4.69, 9.17) is 16.7 Å². The van der Waals surface area contributed by atoms with Gasteiger partial charge in [-0.3, -0.25) is 4.98 Å². The largest absolute Gasteiger partial charge is 0.506 e. The Hall–Kier alpha value is -1.82. The van der Waals surface area contributed by atoms with E-state index < -0.39 is 0 Å². The van der Waals surface area contributed by atoms with Crippen molar-refractivity contribution >= 4 is 5.84 Å². The molecule has 1 heterocycles. The Morgan fingerprint density at radius 1 is 1.62 bits per heavy atom. The molecule has 0 saturated carbocycles. The van der Waals surface area contributed by atoms with Gasteiger partial charge in [0.05, 0.1) is 6.20 Å². The van der Waals surface area contributed by atoms with Crippen LogP contribution in [0.15, 0.2) is 23.6 Å². The number of pyridine rings is 1. The van der Waals surface area contributed by atoms with Crippen molar-refractivity contribution in [2.45, 2.75) is 0 Å². The van der Waals surface area contributed by atoms with E-state index in [-0.39, 0.29) is 11.6 Å². The van der Waals surface area contributed by atoms with Crippen LogP contribution in [0.4, 0.5) is 0 Å². The first-order valence-electron chi connectivity index (χ1n) is 3.56. The van der Waals surface area contributed by atoms with Crippen molar-refractivity contribution in [3.63, 3.8) is 0 Å². The van der Waals surface area contributed by atoms with Gasteiger partial charge in [0.2, 0.25) is 0 Å². The average molecular weight is 181 g/mol. The van der Waals surface area contributed by atoms with Crippen molar-refractivity contribution in [3.8, 4) is 5.75 Å². The first-order chi connectivity index (χ1) is 6.09. The highest BCUT2D eigenvalue weighted by Crippen LogP contribution is 2.07. The summed E-state index contributed by atoms with van der Waals surface area (Å²) < 4.78 is 0. The fourth-order valence-corrected chi connectivity index (χ4v) is 0.796. The number of rotatable bonds is 2. The molecule has 0 bridgehead atoms. The van der Waals surface area contributed by atoms with Gasteiger partial charge >= 0.3 is 0 Å². The Bertz CT molecular complexity index is 322. The Balaban J connectivity index is 2.95. The van der Waals surface area contributed by atoms with Crippen molar-refractivity contribution < 1.29 is 5.11 Å². The van der Waals surface area contributed by atoms with E-state index in [0.29, 0.717) is 5.56 Å². The molecule has 70 valence electrons. The summed E-state index contributed by atoms with van der Waals surface area (Å²) in [6.07, 6.45) is 2.80. The van der Waals surface area contributed by atoms with E-state index in [1.807, 2.05) is 0 Å². The summed E-state index contributed by atoms with van der Waals surface area (Å²) in [7, 11) is 1.54. The molecule has 0 aliphatic carbocycles. The van der Waals surface area contributed by atoms with Crippen LogP contribution < -0.4 is 11.6 Å². The third kappa shape index (κ3) is 2.60. The van der Waals surface area contributed by atoms with Crippen LogP contribution in [0.3, 0.4) is 0 Å². The van der Waals surface area contributed by atoms with Crippen LogP contribution in [0.5, 0.6) is 5.75 Å². The number of aromatic nitrogens is 1. The van der Waals surface area contributed by atoms with Gasteiger partial charge in [-0.25, -0.2) is 11.0 Å². The van der Waals surface area contributed by atoms with Crippen molar-refractivity contribution in [2.75, 3.05) is 7.05 Å². The number of hydrogen-bond acceptors (Lipinski definition) is 5. The zero-order valence-electron chi connectivity index (χ0n) is 7.18. The van der Waals surface area contributed by atoms with Crippen LogP contribution in [-0.2, 0) is 0 Å². The van der Waals surface area contributed by atoms with Crippen molar-refractivity contribution in [1.82, 2.24) is 10.1 Å². The maximum absolute atomic E-state index is 9.08. The number of nitrogens with two attached hydrogens (primary N) is 2. The van der Waals surface area contributed by atoms with Crippen LogP contribution >= 0.6 is 0 Å². The molecule has 0 radical (unpaired) electrons. The lowest BCUT2D eigenvalue weighted by molar-refractivity contribution is 0.371. The fourth-order valence-electron chi connectivity index (χ4n) is 0.796. The van der Waals surface area contributed by atoms with Gasteiger partial charge in [-0.15, -0.1) is 5.10 Å². The van der Waals surface area contributed by atoms with Gasteiger partial charge < -0.3 is 10.8 Å². The molecule has 0 amide bonds. The molecule has 0 aliphatic heterocycles. The molecule has 0 aromatic carbocycles. The fraction of sp³-hybridized carbons (Fsp3) is 0.143. The molecule has 6 nitrogen and oxygen atoms in total. The standard InChI is InChI=1S/C7H11N5O/c1-12(9)11-7(8)5-2-6(13)4-10-3-5/h2-4,13H,9H2,1H3,(H2,8,11). The lowest BCUT2D eigenvalue weighted by Gasteiger charge is -2.06. The third-order valence-electron chi connectivity index (χ3n) is 1.29. The highest BCUT2D eigenvalue weighted by atomic mass is 16.3. The summed E-state index contributed by atoms with van der Waals surface area (Å²) in [4.78, 5) is 3.74. The molecule has 0 saturated heterocycles. The number of nitrogens with zero attached hydrogens (tertiary/aromatic N) is 3. The number of aromatic hydroxyl groups is 1. The smallest absolute Gasteiger partial charge is 0.154 e. The quantitative estimate of drug-likeness (QED) is 0.240. The second kappa shape index (κ2) is 3.72. The maximum atomic E-state index is 9.08. The van der Waals surface area contributed by atoms with Gasteiger partial charge in [-0.05, 0) is 6.07 Å². The molecule has 0 unspecified atom stereocenters. The Morgan fingerprint density at radius 3 is 2.85 bits per heavy atom. The van der Waals surface area contributed by atoms with Crippen LogP contribution in [0.2, 0.25) is 0 Å². The lowest BCUT2D eigenvalue weighted by Crippen LogP contribution is -2.25. The van der Waals surface area contributed by atoms with Gasteiger partial charge in [0, 0.05) is 18.8 Å². The Morgan fingerprint density at radius 2 is 2.31 bits per heavy atom. The minimum Gasteiger partial charge on any atom is -0.506 e. The van der Waals surface area contributed by atoms with Gasteiger partial charge in [0.1, 0.15) is 5.75 Å². The first-order valence-corrected chi connectivity index (χ1v) is 3.56. The molecule has 0 atom stereocenters. The number of hydrogen-bond donors (Lipinski definition) is 3. The van der Waals surface area contributed by atoms with E-state index in [1.165, 1.54) is 18.5 Å². The first kappa shape index (κ1) is 9.27. The van der Waals surface area contributed by atoms with Crippen LogP contribution in [-0.4, -0.2) is 28.1 Å². The summed E-state index contributed by atoms with van der Waals surface area (Å²) in [6.45, 7) is 0.